The summed E-state index contributed by atoms with van der Waals surface area (Å²) in [5, 5.41) is 0. The fourth-order valence-corrected chi connectivity index (χ4v) is 3.07. The zero-order valence-corrected chi connectivity index (χ0v) is 9.93. The standard InChI is InChI=1S/C15H16O2/c1-10-7-14(16)15(11-5-3-2-4-6-11)13-9-17-8-12(10)13/h2-7,12-13,15H,8-9H2,1H3/t12-,13-,15+/m1/s1. The molecule has 0 amide bonds. The third kappa shape index (κ3) is 1.73. The fourth-order valence-electron chi connectivity index (χ4n) is 3.07. The Morgan fingerprint density at radius 1 is 1.18 bits per heavy atom. The zero-order chi connectivity index (χ0) is 11.8. The van der Waals surface area contributed by atoms with Gasteiger partial charge in [-0.15, -0.1) is 0 Å². The number of fused-ring (bicyclic) bond motifs is 1. The Kier molecular flexibility index (Phi) is 2.60. The maximum Gasteiger partial charge on any atom is 0.163 e. The summed E-state index contributed by atoms with van der Waals surface area (Å²) in [6, 6.07) is 10.1. The third-order valence-electron chi connectivity index (χ3n) is 3.97. The third-order valence-corrected chi connectivity index (χ3v) is 3.97. The second-order valence-electron chi connectivity index (χ2n) is 4.99. The van der Waals surface area contributed by atoms with Crippen molar-refractivity contribution in [3.63, 3.8) is 0 Å². The van der Waals surface area contributed by atoms with Gasteiger partial charge in [0.15, 0.2) is 5.78 Å². The van der Waals surface area contributed by atoms with Crippen molar-refractivity contribution < 1.29 is 9.53 Å². The number of ether oxygens (including phenoxy) is 1. The van der Waals surface area contributed by atoms with Gasteiger partial charge in [-0.2, -0.15) is 0 Å². The number of hydrogen-bond donors (Lipinski definition) is 0. The van der Waals surface area contributed by atoms with Crippen molar-refractivity contribution in [3.8, 4) is 0 Å². The average molecular weight is 228 g/mol. The minimum atomic E-state index is -0.00704. The minimum absolute atomic E-state index is 0.00704. The van der Waals surface area contributed by atoms with Crippen LogP contribution in [0.3, 0.4) is 0 Å². The molecule has 0 spiro atoms. The smallest absolute Gasteiger partial charge is 0.163 e. The first kappa shape index (κ1) is 10.7. The molecule has 17 heavy (non-hydrogen) atoms. The lowest BCUT2D eigenvalue weighted by Gasteiger charge is -2.30. The van der Waals surface area contributed by atoms with Crippen LogP contribution in [-0.4, -0.2) is 19.0 Å². The SMILES string of the molecule is CC1=CC(=O)[C@@H](c2ccccc2)[C@@H]2COC[C@H]12. The van der Waals surface area contributed by atoms with Crippen molar-refractivity contribution in [2.45, 2.75) is 12.8 Å². The molecule has 3 rings (SSSR count). The molecule has 0 bridgehead atoms. The molecule has 0 radical (unpaired) electrons. The molecule has 1 heterocycles. The molecule has 1 aromatic rings. The summed E-state index contributed by atoms with van der Waals surface area (Å²) in [5.41, 5.74) is 2.31. The van der Waals surface area contributed by atoms with Crippen LogP contribution in [0.15, 0.2) is 42.0 Å². The highest BCUT2D eigenvalue weighted by atomic mass is 16.5. The largest absolute Gasteiger partial charge is 0.380 e. The van der Waals surface area contributed by atoms with Crippen LogP contribution in [-0.2, 0) is 9.53 Å². The Morgan fingerprint density at radius 2 is 1.94 bits per heavy atom. The van der Waals surface area contributed by atoms with Crippen LogP contribution in [0, 0.1) is 11.8 Å². The van der Waals surface area contributed by atoms with Crippen molar-refractivity contribution in [1.82, 2.24) is 0 Å². The summed E-state index contributed by atoms with van der Waals surface area (Å²) in [4.78, 5) is 12.2. The molecular formula is C15H16O2. The number of hydrogen-bond acceptors (Lipinski definition) is 2. The topological polar surface area (TPSA) is 26.3 Å². The lowest BCUT2D eigenvalue weighted by molar-refractivity contribution is -0.117. The van der Waals surface area contributed by atoms with Gasteiger partial charge in [0.2, 0.25) is 0 Å². The van der Waals surface area contributed by atoms with Crippen LogP contribution in [0.1, 0.15) is 18.4 Å². The molecule has 1 saturated heterocycles. The van der Waals surface area contributed by atoms with Crippen molar-refractivity contribution in [3.05, 3.63) is 47.5 Å². The molecule has 0 aromatic heterocycles. The highest BCUT2D eigenvalue weighted by molar-refractivity contribution is 5.97. The van der Waals surface area contributed by atoms with E-state index in [-0.39, 0.29) is 11.7 Å². The summed E-state index contributed by atoms with van der Waals surface area (Å²) in [7, 11) is 0. The Hall–Kier alpha value is -1.41. The van der Waals surface area contributed by atoms with Crippen LogP contribution in [0.25, 0.3) is 0 Å². The zero-order valence-electron chi connectivity index (χ0n) is 9.93. The van der Waals surface area contributed by atoms with Gasteiger partial charge in [0.25, 0.3) is 0 Å². The van der Waals surface area contributed by atoms with Crippen molar-refractivity contribution >= 4 is 5.78 Å². The van der Waals surface area contributed by atoms with Crippen LogP contribution < -0.4 is 0 Å². The molecule has 1 aromatic carbocycles. The van der Waals surface area contributed by atoms with Gasteiger partial charge in [-0.25, -0.2) is 0 Å². The quantitative estimate of drug-likeness (QED) is 0.738. The van der Waals surface area contributed by atoms with E-state index in [0.717, 1.165) is 12.2 Å². The number of carbonyl (C=O) groups excluding carboxylic acids is 1. The lowest BCUT2D eigenvalue weighted by Crippen LogP contribution is -2.31. The first-order valence-corrected chi connectivity index (χ1v) is 6.12. The molecule has 88 valence electrons. The molecule has 0 saturated carbocycles. The molecule has 2 nitrogen and oxygen atoms in total. The summed E-state index contributed by atoms with van der Waals surface area (Å²) in [5.74, 6) is 0.987. The first-order valence-electron chi connectivity index (χ1n) is 6.12. The first-order chi connectivity index (χ1) is 8.27. The van der Waals surface area contributed by atoms with Gasteiger partial charge < -0.3 is 4.74 Å². The lowest BCUT2D eigenvalue weighted by atomic mass is 9.71. The van der Waals surface area contributed by atoms with Gasteiger partial charge in [0, 0.05) is 11.8 Å². The number of allylic oxidation sites excluding steroid dienone is 1. The monoisotopic (exact) mass is 228 g/mol. The van der Waals surface area contributed by atoms with E-state index in [4.69, 9.17) is 4.74 Å². The molecule has 2 heteroatoms. The Bertz CT molecular complexity index is 461. The summed E-state index contributed by atoms with van der Waals surface area (Å²) in [6.45, 7) is 3.52. The average Bonchev–Trinajstić information content (AvgIpc) is 2.79. The molecule has 1 aliphatic heterocycles. The van der Waals surface area contributed by atoms with E-state index in [9.17, 15) is 4.79 Å². The van der Waals surface area contributed by atoms with Gasteiger partial charge in [0.05, 0.1) is 19.1 Å². The predicted molar refractivity (Wildman–Crippen MR) is 65.7 cm³/mol. The molecule has 0 unspecified atom stereocenters. The van der Waals surface area contributed by atoms with E-state index >= 15 is 0 Å². The van der Waals surface area contributed by atoms with E-state index in [1.54, 1.807) is 0 Å². The summed E-state index contributed by atoms with van der Waals surface area (Å²) >= 11 is 0. The predicted octanol–water partition coefficient (Wildman–Crippen LogP) is 2.56. The van der Waals surface area contributed by atoms with E-state index < -0.39 is 0 Å². The maximum atomic E-state index is 12.2. The molecule has 2 aliphatic rings. The number of rotatable bonds is 1. The Morgan fingerprint density at radius 3 is 2.71 bits per heavy atom. The molecule has 1 aliphatic carbocycles. The van der Waals surface area contributed by atoms with E-state index in [1.165, 1.54) is 5.57 Å². The van der Waals surface area contributed by atoms with E-state index in [2.05, 4.69) is 0 Å². The molecule has 1 fully saturated rings. The number of carbonyl (C=O) groups is 1. The second-order valence-corrected chi connectivity index (χ2v) is 4.99. The van der Waals surface area contributed by atoms with E-state index in [1.807, 2.05) is 43.3 Å². The van der Waals surface area contributed by atoms with Crippen molar-refractivity contribution in [2.24, 2.45) is 11.8 Å². The van der Waals surface area contributed by atoms with Gasteiger partial charge in [-0.05, 0) is 18.6 Å². The molecular weight excluding hydrogens is 212 g/mol. The highest BCUT2D eigenvalue weighted by Crippen LogP contribution is 2.42. The molecule has 0 N–H and O–H groups in total. The Labute approximate surface area is 101 Å². The molecule has 3 atom stereocenters. The normalized spacial score (nSPS) is 32.2. The number of ketones is 1. The minimum Gasteiger partial charge on any atom is -0.380 e. The summed E-state index contributed by atoms with van der Waals surface area (Å²) in [6.07, 6.45) is 1.81. The van der Waals surface area contributed by atoms with Gasteiger partial charge >= 0.3 is 0 Å². The Balaban J connectivity index is 2.02. The summed E-state index contributed by atoms with van der Waals surface area (Å²) < 4.78 is 5.57. The van der Waals surface area contributed by atoms with Gasteiger partial charge in [-0.3, -0.25) is 4.79 Å². The van der Waals surface area contributed by atoms with Gasteiger partial charge in [0.1, 0.15) is 0 Å². The van der Waals surface area contributed by atoms with Crippen LogP contribution in [0.5, 0.6) is 0 Å². The maximum absolute atomic E-state index is 12.2. The fraction of sp³-hybridized carbons (Fsp3) is 0.400. The van der Waals surface area contributed by atoms with Crippen LogP contribution in [0.4, 0.5) is 0 Å². The van der Waals surface area contributed by atoms with E-state index in [0.29, 0.717) is 18.4 Å². The van der Waals surface area contributed by atoms with Crippen molar-refractivity contribution in [1.29, 1.82) is 0 Å². The van der Waals surface area contributed by atoms with Crippen molar-refractivity contribution in [2.75, 3.05) is 13.2 Å². The second kappa shape index (κ2) is 4.11. The number of benzene rings is 1. The van der Waals surface area contributed by atoms with Crippen LogP contribution in [0.2, 0.25) is 0 Å². The highest BCUT2D eigenvalue weighted by Gasteiger charge is 2.42. The van der Waals surface area contributed by atoms with Gasteiger partial charge in [-0.1, -0.05) is 35.9 Å². The van der Waals surface area contributed by atoms with Crippen LogP contribution >= 0.6 is 0 Å².